The maximum absolute atomic E-state index is 12.3. The second-order valence-corrected chi connectivity index (χ2v) is 5.63. The number of fused-ring (bicyclic) bond motifs is 1. The molecule has 3 heterocycles. The van der Waals surface area contributed by atoms with Crippen molar-refractivity contribution in [2.45, 2.75) is 38.6 Å². The molecule has 19 heavy (non-hydrogen) atoms. The highest BCUT2D eigenvalue weighted by molar-refractivity contribution is 5.80. The maximum atomic E-state index is 12.3. The van der Waals surface area contributed by atoms with Gasteiger partial charge in [0.05, 0.1) is 0 Å². The molecule has 1 N–H and O–H groups in total. The molecule has 0 amide bonds. The lowest BCUT2D eigenvalue weighted by Gasteiger charge is -2.26. The summed E-state index contributed by atoms with van der Waals surface area (Å²) < 4.78 is 1.89. The number of carbonyl (C=O) groups is 1. The first-order valence-corrected chi connectivity index (χ1v) is 7.50. The molecule has 2 aliphatic rings. The fraction of sp³-hybridized carbons (Fsp3) is 0.667. The standard InChI is InChI=1S/C15H23N3O/c19-15(6-10-17-8-2-1-3-9-17)18-11-5-13-12-16-7-4-14(13)18/h5,11,16H,1-4,6-10,12H2. The molecule has 0 saturated carbocycles. The lowest BCUT2D eigenvalue weighted by molar-refractivity contribution is 0.0875. The molecular weight excluding hydrogens is 238 g/mol. The third-order valence-electron chi connectivity index (χ3n) is 4.30. The molecule has 104 valence electrons. The van der Waals surface area contributed by atoms with Crippen LogP contribution < -0.4 is 5.32 Å². The summed E-state index contributed by atoms with van der Waals surface area (Å²) in [4.78, 5) is 14.8. The number of aromatic nitrogens is 1. The molecule has 1 fully saturated rings. The van der Waals surface area contributed by atoms with E-state index in [4.69, 9.17) is 0 Å². The molecule has 0 unspecified atom stereocenters. The first kappa shape index (κ1) is 12.9. The van der Waals surface area contributed by atoms with Gasteiger partial charge in [-0.1, -0.05) is 6.42 Å². The van der Waals surface area contributed by atoms with Crippen LogP contribution in [-0.2, 0) is 13.0 Å². The van der Waals surface area contributed by atoms with Crippen molar-refractivity contribution in [3.8, 4) is 0 Å². The fourth-order valence-electron chi connectivity index (χ4n) is 3.17. The van der Waals surface area contributed by atoms with E-state index in [1.807, 2.05) is 10.8 Å². The summed E-state index contributed by atoms with van der Waals surface area (Å²) in [7, 11) is 0. The SMILES string of the molecule is O=C(CCN1CCCCC1)n1ccc2c1CCNC2. The number of rotatable bonds is 3. The highest BCUT2D eigenvalue weighted by Gasteiger charge is 2.18. The highest BCUT2D eigenvalue weighted by Crippen LogP contribution is 2.16. The van der Waals surface area contributed by atoms with Crippen LogP contribution in [0, 0.1) is 0 Å². The lowest BCUT2D eigenvalue weighted by atomic mass is 10.1. The van der Waals surface area contributed by atoms with Crippen LogP contribution in [0.15, 0.2) is 12.3 Å². The summed E-state index contributed by atoms with van der Waals surface area (Å²) in [6.07, 6.45) is 7.50. The number of hydrogen-bond acceptors (Lipinski definition) is 3. The van der Waals surface area contributed by atoms with E-state index in [1.54, 1.807) is 0 Å². The monoisotopic (exact) mass is 261 g/mol. The Hall–Kier alpha value is -1.13. The van der Waals surface area contributed by atoms with Crippen molar-refractivity contribution in [1.29, 1.82) is 0 Å². The number of nitrogens with one attached hydrogen (secondary N) is 1. The zero-order valence-corrected chi connectivity index (χ0v) is 11.5. The number of piperidine rings is 1. The van der Waals surface area contributed by atoms with E-state index in [9.17, 15) is 4.79 Å². The van der Waals surface area contributed by atoms with Gasteiger partial charge < -0.3 is 10.2 Å². The van der Waals surface area contributed by atoms with E-state index in [2.05, 4.69) is 16.3 Å². The van der Waals surface area contributed by atoms with Crippen LogP contribution in [-0.4, -0.2) is 41.6 Å². The minimum absolute atomic E-state index is 0.258. The molecule has 0 atom stereocenters. The Bertz CT molecular complexity index is 446. The van der Waals surface area contributed by atoms with Crippen LogP contribution in [0.3, 0.4) is 0 Å². The van der Waals surface area contributed by atoms with Crippen LogP contribution in [0.5, 0.6) is 0 Å². The highest BCUT2D eigenvalue weighted by atomic mass is 16.2. The Morgan fingerprint density at radius 3 is 2.95 bits per heavy atom. The van der Waals surface area contributed by atoms with Crippen LogP contribution >= 0.6 is 0 Å². The molecule has 3 rings (SSSR count). The van der Waals surface area contributed by atoms with E-state index in [1.165, 1.54) is 43.6 Å². The van der Waals surface area contributed by atoms with E-state index in [0.29, 0.717) is 6.42 Å². The van der Waals surface area contributed by atoms with Gasteiger partial charge in [0.2, 0.25) is 5.91 Å². The minimum atomic E-state index is 0.258. The quantitative estimate of drug-likeness (QED) is 0.899. The molecule has 0 radical (unpaired) electrons. The van der Waals surface area contributed by atoms with Crippen molar-refractivity contribution in [3.63, 3.8) is 0 Å². The van der Waals surface area contributed by atoms with Crippen molar-refractivity contribution < 1.29 is 4.79 Å². The summed E-state index contributed by atoms with van der Waals surface area (Å²) in [5, 5.41) is 3.34. The molecule has 4 heteroatoms. The van der Waals surface area contributed by atoms with Crippen LogP contribution in [0.25, 0.3) is 0 Å². The topological polar surface area (TPSA) is 37.3 Å². The summed E-state index contributed by atoms with van der Waals surface area (Å²) in [5.41, 5.74) is 2.51. The van der Waals surface area contributed by atoms with E-state index < -0.39 is 0 Å². The van der Waals surface area contributed by atoms with Gasteiger partial charge in [0, 0.05) is 44.4 Å². The third-order valence-corrected chi connectivity index (χ3v) is 4.30. The third kappa shape index (κ3) is 2.90. The zero-order valence-electron chi connectivity index (χ0n) is 11.5. The summed E-state index contributed by atoms with van der Waals surface area (Å²) in [6, 6.07) is 2.08. The van der Waals surface area contributed by atoms with Crippen molar-refractivity contribution >= 4 is 5.91 Å². The minimum Gasteiger partial charge on any atom is -0.312 e. The first-order chi connectivity index (χ1) is 9.34. The largest absolute Gasteiger partial charge is 0.312 e. The lowest BCUT2D eigenvalue weighted by Crippen LogP contribution is -2.33. The van der Waals surface area contributed by atoms with Gasteiger partial charge >= 0.3 is 0 Å². The van der Waals surface area contributed by atoms with Crippen LogP contribution in [0.1, 0.15) is 41.7 Å². The Morgan fingerprint density at radius 1 is 1.26 bits per heavy atom. The summed E-state index contributed by atoms with van der Waals surface area (Å²) in [6.45, 7) is 5.14. The van der Waals surface area contributed by atoms with E-state index in [-0.39, 0.29) is 5.91 Å². The number of nitrogens with zero attached hydrogens (tertiary/aromatic N) is 2. The number of carbonyl (C=O) groups excluding carboxylic acids is 1. The fourth-order valence-corrected chi connectivity index (χ4v) is 3.17. The molecule has 1 aromatic rings. The molecule has 2 aliphatic heterocycles. The Labute approximate surface area is 114 Å². The average Bonchev–Trinajstić information content (AvgIpc) is 2.90. The molecular formula is C15H23N3O. The molecule has 0 aliphatic carbocycles. The predicted molar refractivity (Wildman–Crippen MR) is 75.4 cm³/mol. The molecule has 1 aromatic heterocycles. The normalized spacial score (nSPS) is 20.2. The number of hydrogen-bond donors (Lipinski definition) is 1. The Morgan fingerprint density at radius 2 is 2.11 bits per heavy atom. The van der Waals surface area contributed by atoms with Gasteiger partial charge in [-0.3, -0.25) is 9.36 Å². The van der Waals surface area contributed by atoms with Crippen LogP contribution in [0.4, 0.5) is 0 Å². The number of likely N-dealkylation sites (tertiary alicyclic amines) is 1. The van der Waals surface area contributed by atoms with Crippen molar-refractivity contribution in [3.05, 3.63) is 23.5 Å². The first-order valence-electron chi connectivity index (χ1n) is 7.50. The van der Waals surface area contributed by atoms with Gasteiger partial charge in [-0.2, -0.15) is 0 Å². The maximum Gasteiger partial charge on any atom is 0.232 e. The smallest absolute Gasteiger partial charge is 0.232 e. The van der Waals surface area contributed by atoms with Crippen molar-refractivity contribution in [2.75, 3.05) is 26.2 Å². The van der Waals surface area contributed by atoms with Crippen molar-refractivity contribution in [2.24, 2.45) is 0 Å². The second kappa shape index (κ2) is 5.88. The summed E-state index contributed by atoms with van der Waals surface area (Å²) in [5.74, 6) is 0.258. The molecule has 4 nitrogen and oxygen atoms in total. The van der Waals surface area contributed by atoms with E-state index >= 15 is 0 Å². The molecule has 0 bridgehead atoms. The van der Waals surface area contributed by atoms with Gasteiger partial charge in [-0.25, -0.2) is 0 Å². The molecule has 0 aromatic carbocycles. The Balaban J connectivity index is 1.59. The molecule has 0 spiro atoms. The Kier molecular flexibility index (Phi) is 3.99. The molecule has 1 saturated heterocycles. The van der Waals surface area contributed by atoms with Gasteiger partial charge in [-0.15, -0.1) is 0 Å². The van der Waals surface area contributed by atoms with Gasteiger partial charge in [-0.05, 0) is 37.6 Å². The second-order valence-electron chi connectivity index (χ2n) is 5.63. The average molecular weight is 261 g/mol. The van der Waals surface area contributed by atoms with E-state index in [0.717, 1.165) is 26.1 Å². The van der Waals surface area contributed by atoms with Gasteiger partial charge in [0.1, 0.15) is 0 Å². The van der Waals surface area contributed by atoms with Crippen LogP contribution in [0.2, 0.25) is 0 Å². The van der Waals surface area contributed by atoms with Gasteiger partial charge in [0.25, 0.3) is 0 Å². The van der Waals surface area contributed by atoms with Crippen molar-refractivity contribution in [1.82, 2.24) is 14.8 Å². The van der Waals surface area contributed by atoms with Gasteiger partial charge in [0.15, 0.2) is 0 Å². The summed E-state index contributed by atoms with van der Waals surface area (Å²) >= 11 is 0. The predicted octanol–water partition coefficient (Wildman–Crippen LogP) is 1.65. The zero-order chi connectivity index (χ0) is 13.1.